The van der Waals surface area contributed by atoms with Crippen LogP contribution in [0, 0.1) is 6.92 Å². The van der Waals surface area contributed by atoms with Gasteiger partial charge >= 0.3 is 0 Å². The number of rotatable bonds is 5. The Balaban J connectivity index is 2.06. The van der Waals surface area contributed by atoms with Gasteiger partial charge in [-0.15, -0.1) is 11.3 Å². The molecule has 0 bridgehead atoms. The van der Waals surface area contributed by atoms with Crippen molar-refractivity contribution in [2.24, 2.45) is 0 Å². The maximum Gasteiger partial charge on any atom is 0.109 e. The Morgan fingerprint density at radius 3 is 2.94 bits per heavy atom. The van der Waals surface area contributed by atoms with Gasteiger partial charge in [-0.25, -0.2) is 4.98 Å². The van der Waals surface area contributed by atoms with Crippen LogP contribution in [0.3, 0.4) is 0 Å². The molecule has 0 aliphatic carbocycles. The Kier molecular flexibility index (Phi) is 4.53. The molecule has 0 spiro atoms. The van der Waals surface area contributed by atoms with Gasteiger partial charge in [0.25, 0.3) is 0 Å². The highest BCUT2D eigenvalue weighted by atomic mass is 79.9. The second-order valence-electron chi connectivity index (χ2n) is 4.13. The van der Waals surface area contributed by atoms with E-state index in [9.17, 15) is 0 Å². The fourth-order valence-electron chi connectivity index (χ4n) is 1.82. The van der Waals surface area contributed by atoms with Crippen molar-refractivity contribution in [3.05, 3.63) is 32.4 Å². The van der Waals surface area contributed by atoms with Crippen molar-refractivity contribution in [1.82, 2.24) is 20.1 Å². The van der Waals surface area contributed by atoms with E-state index in [1.165, 1.54) is 5.69 Å². The molecule has 2 heterocycles. The van der Waals surface area contributed by atoms with Gasteiger partial charge in [-0.3, -0.25) is 4.68 Å². The summed E-state index contributed by atoms with van der Waals surface area (Å²) in [5.74, 6) is 0. The second kappa shape index (κ2) is 5.95. The minimum absolute atomic E-state index is 0.261. The molecule has 6 heteroatoms. The minimum Gasteiger partial charge on any atom is -0.302 e. The summed E-state index contributed by atoms with van der Waals surface area (Å²) in [6, 6.07) is 0.261. The Bertz CT molecular complexity index is 506. The number of nitrogens with one attached hydrogen (secondary N) is 1. The maximum absolute atomic E-state index is 4.49. The van der Waals surface area contributed by atoms with Gasteiger partial charge in [0.2, 0.25) is 0 Å². The zero-order valence-corrected chi connectivity index (χ0v) is 13.2. The molecule has 1 N–H and O–H groups in total. The molecule has 0 amide bonds. The molecule has 18 heavy (non-hydrogen) atoms. The average Bonchev–Trinajstić information content (AvgIpc) is 2.97. The van der Waals surface area contributed by atoms with Crippen LogP contribution in [0.5, 0.6) is 0 Å². The average molecular weight is 329 g/mol. The monoisotopic (exact) mass is 328 g/mol. The maximum atomic E-state index is 4.49. The molecule has 2 aromatic rings. The molecular weight excluding hydrogens is 312 g/mol. The van der Waals surface area contributed by atoms with Crippen LogP contribution in [0.4, 0.5) is 0 Å². The zero-order chi connectivity index (χ0) is 13.1. The number of nitrogens with zero attached hydrogens (tertiary/aromatic N) is 3. The first-order chi connectivity index (χ1) is 8.63. The molecule has 2 aromatic heterocycles. The van der Waals surface area contributed by atoms with Gasteiger partial charge in [0, 0.05) is 24.7 Å². The van der Waals surface area contributed by atoms with Crippen LogP contribution >= 0.6 is 27.3 Å². The largest absolute Gasteiger partial charge is 0.302 e. The molecule has 4 nitrogen and oxygen atoms in total. The highest BCUT2D eigenvalue weighted by molar-refractivity contribution is 9.10. The third-order valence-corrected chi connectivity index (χ3v) is 4.84. The van der Waals surface area contributed by atoms with Gasteiger partial charge < -0.3 is 5.32 Å². The quantitative estimate of drug-likeness (QED) is 0.915. The first-order valence-corrected chi connectivity index (χ1v) is 7.65. The highest BCUT2D eigenvalue weighted by Crippen LogP contribution is 2.22. The van der Waals surface area contributed by atoms with Crippen LogP contribution in [-0.4, -0.2) is 14.8 Å². The normalized spacial score (nSPS) is 12.9. The first-order valence-electron chi connectivity index (χ1n) is 5.98. The lowest BCUT2D eigenvalue weighted by Gasteiger charge is -2.12. The highest BCUT2D eigenvalue weighted by Gasteiger charge is 2.14. The fourth-order valence-corrected chi connectivity index (χ4v) is 2.92. The number of aryl methyl sites for hydroxylation is 2. The predicted molar refractivity (Wildman–Crippen MR) is 77.7 cm³/mol. The smallest absolute Gasteiger partial charge is 0.109 e. The number of hydrogen-bond acceptors (Lipinski definition) is 4. The lowest BCUT2D eigenvalue weighted by Crippen LogP contribution is -2.20. The van der Waals surface area contributed by atoms with E-state index < -0.39 is 0 Å². The van der Waals surface area contributed by atoms with Crippen LogP contribution in [0.2, 0.25) is 0 Å². The summed E-state index contributed by atoms with van der Waals surface area (Å²) < 4.78 is 3.13. The molecular formula is C12H17BrN4S. The van der Waals surface area contributed by atoms with E-state index in [4.69, 9.17) is 0 Å². The van der Waals surface area contributed by atoms with E-state index in [1.54, 1.807) is 11.3 Å². The standard InChI is InChI=1S/C12H17BrN4S/c1-4-17-10(11(13)8(2)16-17)7-15-9(3)12-14-5-6-18-12/h5-6,9,15H,4,7H2,1-3H3. The van der Waals surface area contributed by atoms with Crippen molar-refractivity contribution in [2.75, 3.05) is 0 Å². The van der Waals surface area contributed by atoms with E-state index in [2.05, 4.69) is 45.2 Å². The first kappa shape index (κ1) is 13.7. The summed E-state index contributed by atoms with van der Waals surface area (Å²) in [6.45, 7) is 7.92. The van der Waals surface area contributed by atoms with Crippen molar-refractivity contribution in [1.29, 1.82) is 0 Å². The predicted octanol–water partition coefficient (Wildman–Crippen LogP) is 3.28. The minimum atomic E-state index is 0.261. The van der Waals surface area contributed by atoms with Gasteiger partial charge in [0.05, 0.1) is 21.9 Å². The van der Waals surface area contributed by atoms with Gasteiger partial charge in [0.1, 0.15) is 5.01 Å². The lowest BCUT2D eigenvalue weighted by atomic mass is 10.3. The molecule has 1 unspecified atom stereocenters. The molecule has 0 aromatic carbocycles. The number of aromatic nitrogens is 3. The molecule has 2 rings (SSSR count). The lowest BCUT2D eigenvalue weighted by molar-refractivity contribution is 0.528. The molecule has 0 radical (unpaired) electrons. The van der Waals surface area contributed by atoms with Gasteiger partial charge in [-0.1, -0.05) is 0 Å². The van der Waals surface area contributed by atoms with Gasteiger partial charge in [-0.05, 0) is 36.7 Å². The summed E-state index contributed by atoms with van der Waals surface area (Å²) in [4.78, 5) is 4.32. The Morgan fingerprint density at radius 2 is 2.33 bits per heavy atom. The molecule has 0 saturated heterocycles. The summed E-state index contributed by atoms with van der Waals surface area (Å²) >= 11 is 5.28. The SMILES string of the molecule is CCn1nc(C)c(Br)c1CNC(C)c1nccs1. The molecule has 98 valence electrons. The topological polar surface area (TPSA) is 42.7 Å². The third kappa shape index (κ3) is 2.81. The number of thiazole rings is 1. The van der Waals surface area contributed by atoms with Crippen molar-refractivity contribution in [2.45, 2.75) is 39.9 Å². The van der Waals surface area contributed by atoms with E-state index in [-0.39, 0.29) is 6.04 Å². The summed E-state index contributed by atoms with van der Waals surface area (Å²) in [7, 11) is 0. The van der Waals surface area contributed by atoms with Crippen LogP contribution in [0.1, 0.15) is 36.3 Å². The summed E-state index contributed by atoms with van der Waals surface area (Å²) in [5, 5.41) is 11.1. The van der Waals surface area contributed by atoms with Crippen molar-refractivity contribution < 1.29 is 0 Å². The summed E-state index contributed by atoms with van der Waals surface area (Å²) in [5.41, 5.74) is 2.23. The molecule has 0 aliphatic rings. The Morgan fingerprint density at radius 1 is 1.56 bits per heavy atom. The van der Waals surface area contributed by atoms with Crippen molar-refractivity contribution in [3.63, 3.8) is 0 Å². The summed E-state index contributed by atoms with van der Waals surface area (Å²) in [6.07, 6.45) is 1.84. The second-order valence-corrected chi connectivity index (χ2v) is 5.85. The zero-order valence-electron chi connectivity index (χ0n) is 10.8. The van der Waals surface area contributed by atoms with Gasteiger partial charge in [0.15, 0.2) is 0 Å². The number of halogens is 1. The van der Waals surface area contributed by atoms with E-state index in [0.29, 0.717) is 0 Å². The molecule has 0 fully saturated rings. The van der Waals surface area contributed by atoms with Crippen LogP contribution < -0.4 is 5.32 Å². The molecule has 1 atom stereocenters. The number of hydrogen-bond donors (Lipinski definition) is 1. The van der Waals surface area contributed by atoms with Crippen LogP contribution in [0.25, 0.3) is 0 Å². The van der Waals surface area contributed by atoms with E-state index in [0.717, 1.165) is 28.3 Å². The van der Waals surface area contributed by atoms with Crippen molar-refractivity contribution in [3.8, 4) is 0 Å². The van der Waals surface area contributed by atoms with Crippen molar-refractivity contribution >= 4 is 27.3 Å². The molecule has 0 aliphatic heterocycles. The van der Waals surface area contributed by atoms with E-state index >= 15 is 0 Å². The van der Waals surface area contributed by atoms with Crippen LogP contribution in [-0.2, 0) is 13.1 Å². The Hall–Kier alpha value is -0.720. The fraction of sp³-hybridized carbons (Fsp3) is 0.500. The van der Waals surface area contributed by atoms with E-state index in [1.807, 2.05) is 23.2 Å². The van der Waals surface area contributed by atoms with Crippen LogP contribution in [0.15, 0.2) is 16.0 Å². The third-order valence-electron chi connectivity index (χ3n) is 2.85. The van der Waals surface area contributed by atoms with Gasteiger partial charge in [-0.2, -0.15) is 5.10 Å². The molecule has 0 saturated carbocycles. The Labute approximate surface area is 120 Å².